The zero-order valence-corrected chi connectivity index (χ0v) is 17.3. The van der Waals surface area contributed by atoms with Gasteiger partial charge >= 0.3 is 0 Å². The maximum Gasteiger partial charge on any atom is 0.171 e. The first-order valence-electron chi connectivity index (χ1n) is 8.23. The highest BCUT2D eigenvalue weighted by molar-refractivity contribution is 7.08. The van der Waals surface area contributed by atoms with Crippen molar-refractivity contribution in [1.29, 1.82) is 0 Å². The lowest BCUT2D eigenvalue weighted by Crippen LogP contribution is -2.12. The number of aliphatic hydroxyl groups is 2. The van der Waals surface area contributed by atoms with Gasteiger partial charge in [0.2, 0.25) is 0 Å². The Bertz CT molecular complexity index is 553. The molecule has 26 heavy (non-hydrogen) atoms. The number of methoxy groups -OCH3 is 2. The summed E-state index contributed by atoms with van der Waals surface area (Å²) in [6.07, 6.45) is 0. The van der Waals surface area contributed by atoms with Gasteiger partial charge in [0, 0.05) is 46.6 Å². The van der Waals surface area contributed by atoms with E-state index in [-0.39, 0.29) is 19.1 Å². The Morgan fingerprint density at radius 1 is 0.962 bits per heavy atom. The molecular formula is C18H28O6S2. The highest BCUT2D eigenvalue weighted by Gasteiger charge is 2.14. The number of thiophene rings is 2. The molecule has 0 bridgehead atoms. The smallest absolute Gasteiger partial charge is 0.171 e. The number of rotatable bonds is 4. The zero-order valence-electron chi connectivity index (χ0n) is 15.6. The van der Waals surface area contributed by atoms with Crippen LogP contribution in [0.2, 0.25) is 0 Å². The fourth-order valence-corrected chi connectivity index (χ4v) is 3.05. The summed E-state index contributed by atoms with van der Waals surface area (Å²) in [7, 11) is 3.26. The van der Waals surface area contributed by atoms with E-state index >= 15 is 0 Å². The minimum atomic E-state index is 0.0463. The highest BCUT2D eigenvalue weighted by Crippen LogP contribution is 2.33. The summed E-state index contributed by atoms with van der Waals surface area (Å²) >= 11 is 3.18. The van der Waals surface area contributed by atoms with Crippen molar-refractivity contribution >= 4 is 22.7 Å². The van der Waals surface area contributed by atoms with Crippen molar-refractivity contribution in [3.63, 3.8) is 0 Å². The molecule has 3 rings (SSSR count). The van der Waals surface area contributed by atoms with Gasteiger partial charge in [-0.05, 0) is 0 Å². The lowest BCUT2D eigenvalue weighted by atomic mass is 10.2. The summed E-state index contributed by atoms with van der Waals surface area (Å²) in [5, 5.41) is 24.1. The van der Waals surface area contributed by atoms with Crippen LogP contribution < -0.4 is 18.9 Å². The summed E-state index contributed by atoms with van der Waals surface area (Å²) in [5.41, 5.74) is 0. The number of hydrogen-bond acceptors (Lipinski definition) is 8. The zero-order chi connectivity index (χ0) is 19.4. The molecule has 0 saturated heterocycles. The number of aliphatic hydroxyl groups excluding tert-OH is 2. The maximum atomic E-state index is 8.17. The maximum absolute atomic E-state index is 8.17. The number of ether oxygens (including phenoxy) is 4. The van der Waals surface area contributed by atoms with Gasteiger partial charge in [-0.15, -0.1) is 22.7 Å². The van der Waals surface area contributed by atoms with Gasteiger partial charge in [-0.3, -0.25) is 0 Å². The third-order valence-electron chi connectivity index (χ3n) is 3.30. The Morgan fingerprint density at radius 3 is 1.73 bits per heavy atom. The van der Waals surface area contributed by atoms with Crippen molar-refractivity contribution in [3.05, 3.63) is 21.5 Å². The van der Waals surface area contributed by atoms with Crippen molar-refractivity contribution in [2.45, 2.75) is 13.8 Å². The predicted octanol–water partition coefficient (Wildman–Crippen LogP) is 3.53. The largest absolute Gasteiger partial charge is 0.492 e. The van der Waals surface area contributed by atoms with Gasteiger partial charge in [-0.2, -0.15) is 0 Å². The molecule has 148 valence electrons. The van der Waals surface area contributed by atoms with E-state index in [0.29, 0.717) is 5.92 Å². The van der Waals surface area contributed by atoms with Gasteiger partial charge in [0.05, 0.1) is 27.4 Å². The molecule has 0 unspecified atom stereocenters. The van der Waals surface area contributed by atoms with Crippen LogP contribution in [0.4, 0.5) is 0 Å². The normalized spacial score (nSPS) is 13.0. The van der Waals surface area contributed by atoms with Crippen LogP contribution in [0.25, 0.3) is 0 Å². The summed E-state index contributed by atoms with van der Waals surface area (Å²) in [5.74, 6) is 3.96. The second kappa shape index (κ2) is 12.8. The van der Waals surface area contributed by atoms with Crippen LogP contribution >= 0.6 is 22.7 Å². The Hall–Kier alpha value is -1.48. The fourth-order valence-electron chi connectivity index (χ4n) is 1.63. The summed E-state index contributed by atoms with van der Waals surface area (Å²) in [6.45, 7) is 5.59. The molecule has 0 saturated carbocycles. The molecular weight excluding hydrogens is 376 g/mol. The summed E-state index contributed by atoms with van der Waals surface area (Å²) in [4.78, 5) is 0. The van der Waals surface area contributed by atoms with E-state index in [1.165, 1.54) is 0 Å². The van der Waals surface area contributed by atoms with E-state index in [2.05, 4.69) is 6.92 Å². The van der Waals surface area contributed by atoms with Crippen LogP contribution in [0.15, 0.2) is 21.5 Å². The molecule has 2 aromatic heterocycles. The van der Waals surface area contributed by atoms with Gasteiger partial charge in [-0.25, -0.2) is 0 Å². The van der Waals surface area contributed by atoms with Crippen molar-refractivity contribution in [2.24, 2.45) is 11.8 Å². The van der Waals surface area contributed by atoms with E-state index in [1.807, 2.05) is 21.5 Å². The van der Waals surface area contributed by atoms with Gasteiger partial charge in [0.25, 0.3) is 0 Å². The number of hydrogen-bond donors (Lipinski definition) is 2. The molecule has 0 fully saturated rings. The first-order valence-corrected chi connectivity index (χ1v) is 10.1. The third-order valence-corrected chi connectivity index (χ3v) is 4.70. The third kappa shape index (κ3) is 7.82. The lowest BCUT2D eigenvalue weighted by Gasteiger charge is -2.04. The Kier molecular flexibility index (Phi) is 11.1. The molecule has 1 aliphatic rings. The molecule has 0 aliphatic carbocycles. The SMILES string of the molecule is CC(CO)CO.CC1COc2cscc2OC1.COc1cscc1OC. The minimum absolute atomic E-state index is 0.0463. The second-order valence-electron chi connectivity index (χ2n) is 5.81. The van der Waals surface area contributed by atoms with Crippen molar-refractivity contribution in [3.8, 4) is 23.0 Å². The first kappa shape index (κ1) is 22.6. The Morgan fingerprint density at radius 2 is 1.38 bits per heavy atom. The quantitative estimate of drug-likeness (QED) is 0.812. The van der Waals surface area contributed by atoms with Crippen molar-refractivity contribution in [1.82, 2.24) is 0 Å². The molecule has 3 heterocycles. The monoisotopic (exact) mass is 404 g/mol. The van der Waals surface area contributed by atoms with Crippen molar-refractivity contribution in [2.75, 3.05) is 40.6 Å². The molecule has 0 atom stereocenters. The molecule has 0 amide bonds. The van der Waals surface area contributed by atoms with Crippen LogP contribution in [0.3, 0.4) is 0 Å². The van der Waals surface area contributed by atoms with E-state index in [1.54, 1.807) is 43.8 Å². The molecule has 0 radical (unpaired) electrons. The average molecular weight is 405 g/mol. The molecule has 2 N–H and O–H groups in total. The molecule has 8 heteroatoms. The predicted molar refractivity (Wildman–Crippen MR) is 105 cm³/mol. The van der Waals surface area contributed by atoms with E-state index in [9.17, 15) is 0 Å². The van der Waals surface area contributed by atoms with Gasteiger partial charge in [-0.1, -0.05) is 13.8 Å². The molecule has 2 aromatic rings. The first-order chi connectivity index (χ1) is 12.5. The van der Waals surface area contributed by atoms with Crippen molar-refractivity contribution < 1.29 is 29.2 Å². The summed E-state index contributed by atoms with van der Waals surface area (Å²) < 4.78 is 20.9. The van der Waals surface area contributed by atoms with Crippen LogP contribution in [-0.4, -0.2) is 50.9 Å². The van der Waals surface area contributed by atoms with Crippen LogP contribution in [-0.2, 0) is 0 Å². The van der Waals surface area contributed by atoms with Gasteiger partial charge in [0.1, 0.15) is 0 Å². The second-order valence-corrected chi connectivity index (χ2v) is 7.29. The van der Waals surface area contributed by atoms with Gasteiger partial charge in [0.15, 0.2) is 23.0 Å². The Labute approximate surface area is 162 Å². The van der Waals surface area contributed by atoms with Crippen LogP contribution in [0, 0.1) is 11.8 Å². The van der Waals surface area contributed by atoms with Crippen LogP contribution in [0.5, 0.6) is 23.0 Å². The fraction of sp³-hybridized carbons (Fsp3) is 0.556. The molecule has 1 aliphatic heterocycles. The Balaban J connectivity index is 0.000000205. The number of fused-ring (bicyclic) bond motifs is 1. The standard InChI is InChI=1S/C8H10O2S.C6H8O2S.C4H10O2/c1-6-2-9-7-4-11-5-8(7)10-3-6;1-7-5-3-9-4-6(5)8-2;1-4(2-5)3-6/h4-6H,2-3H2,1H3;3-4H,1-2H3;4-6H,2-3H2,1H3. The highest BCUT2D eigenvalue weighted by atomic mass is 32.1. The molecule has 0 aromatic carbocycles. The molecule has 0 spiro atoms. The van der Waals surface area contributed by atoms with E-state index < -0.39 is 0 Å². The minimum Gasteiger partial charge on any atom is -0.492 e. The molecule has 6 nitrogen and oxygen atoms in total. The lowest BCUT2D eigenvalue weighted by molar-refractivity contribution is 0.162. The van der Waals surface area contributed by atoms with E-state index in [0.717, 1.165) is 36.2 Å². The topological polar surface area (TPSA) is 77.4 Å². The van der Waals surface area contributed by atoms with Gasteiger partial charge < -0.3 is 29.2 Å². The average Bonchev–Trinajstić information content (AvgIpc) is 3.30. The van der Waals surface area contributed by atoms with E-state index in [4.69, 9.17) is 29.2 Å². The van der Waals surface area contributed by atoms with Crippen LogP contribution in [0.1, 0.15) is 13.8 Å². The summed E-state index contributed by atoms with van der Waals surface area (Å²) in [6, 6.07) is 0.